The van der Waals surface area contributed by atoms with Crippen LogP contribution in [-0.4, -0.2) is 24.5 Å². The van der Waals surface area contributed by atoms with Gasteiger partial charge in [-0.2, -0.15) is 15.0 Å². The summed E-state index contributed by atoms with van der Waals surface area (Å²) in [5.41, 5.74) is 11.4. The number of hydrogen-bond donors (Lipinski definition) is 2. The molecule has 0 radical (unpaired) electrons. The lowest BCUT2D eigenvalue weighted by molar-refractivity contribution is 0.608. The quantitative estimate of drug-likeness (QED) is 0.398. The van der Waals surface area contributed by atoms with Crippen LogP contribution in [0.25, 0.3) is 16.6 Å². The number of para-hydroxylation sites is 2. The van der Waals surface area contributed by atoms with Crippen molar-refractivity contribution in [2.24, 2.45) is 0 Å². The molecule has 0 aliphatic heterocycles. The fourth-order valence-corrected chi connectivity index (χ4v) is 3.57. The number of nitrogen functional groups attached to an aromatic ring is 2. The summed E-state index contributed by atoms with van der Waals surface area (Å²) in [4.78, 5) is 29.4. The highest BCUT2D eigenvalue weighted by Gasteiger charge is 2.16. The molecule has 10 heteroatoms. The van der Waals surface area contributed by atoms with E-state index in [9.17, 15) is 9.18 Å². The monoisotopic (exact) mass is 395 g/mol. The number of halogens is 1. The molecule has 4 rings (SSSR count). The van der Waals surface area contributed by atoms with Gasteiger partial charge in [0, 0.05) is 0 Å². The standard InChI is InChI=1S/C18H14FN7OS/c19-11-6-2-4-8-13(11)26-15(27)10-5-1-3-7-12(10)22-18(26)28-9-14-23-16(20)25-17(21)24-14/h1-8H,9H2,(H4,20,21,23,24,25). The van der Waals surface area contributed by atoms with E-state index >= 15 is 0 Å². The molecule has 4 aromatic rings. The number of nitrogens with two attached hydrogens (primary N) is 2. The number of benzene rings is 2. The first-order chi connectivity index (χ1) is 13.5. The van der Waals surface area contributed by atoms with Crippen molar-refractivity contribution >= 4 is 34.6 Å². The number of aromatic nitrogens is 5. The summed E-state index contributed by atoms with van der Waals surface area (Å²) >= 11 is 1.17. The van der Waals surface area contributed by atoms with E-state index in [0.717, 1.165) is 0 Å². The largest absolute Gasteiger partial charge is 0.368 e. The summed E-state index contributed by atoms with van der Waals surface area (Å²) in [5.74, 6) is 0.0210. The molecule has 0 aliphatic carbocycles. The molecule has 0 atom stereocenters. The lowest BCUT2D eigenvalue weighted by Gasteiger charge is -2.13. The second-order valence-electron chi connectivity index (χ2n) is 5.76. The summed E-state index contributed by atoms with van der Waals surface area (Å²) in [6, 6.07) is 12.9. The maximum absolute atomic E-state index is 14.4. The van der Waals surface area contributed by atoms with Crippen molar-refractivity contribution in [1.29, 1.82) is 0 Å². The zero-order valence-electron chi connectivity index (χ0n) is 14.4. The third-order valence-corrected chi connectivity index (χ3v) is 4.82. The molecule has 0 saturated heterocycles. The van der Waals surface area contributed by atoms with Gasteiger partial charge in [-0.3, -0.25) is 9.36 Å². The van der Waals surface area contributed by atoms with Crippen molar-refractivity contribution in [3.05, 3.63) is 70.5 Å². The zero-order chi connectivity index (χ0) is 19.7. The van der Waals surface area contributed by atoms with E-state index in [1.807, 2.05) is 0 Å². The van der Waals surface area contributed by atoms with Crippen molar-refractivity contribution in [1.82, 2.24) is 24.5 Å². The highest BCUT2D eigenvalue weighted by Crippen LogP contribution is 2.25. The minimum atomic E-state index is -0.530. The fraction of sp³-hybridized carbons (Fsp3) is 0.0556. The number of thioether (sulfide) groups is 1. The molecule has 8 nitrogen and oxygen atoms in total. The predicted molar refractivity (Wildman–Crippen MR) is 106 cm³/mol. The van der Waals surface area contributed by atoms with Gasteiger partial charge in [-0.1, -0.05) is 36.0 Å². The Labute approximate surface area is 162 Å². The molecule has 0 saturated carbocycles. The molecule has 0 aliphatic rings. The normalized spacial score (nSPS) is 11.0. The van der Waals surface area contributed by atoms with Gasteiger partial charge in [0.1, 0.15) is 11.6 Å². The molecule has 4 N–H and O–H groups in total. The van der Waals surface area contributed by atoms with Crippen LogP contribution in [0.3, 0.4) is 0 Å². The summed E-state index contributed by atoms with van der Waals surface area (Å²) < 4.78 is 15.7. The van der Waals surface area contributed by atoms with Crippen LogP contribution in [0.2, 0.25) is 0 Å². The highest BCUT2D eigenvalue weighted by molar-refractivity contribution is 7.98. The summed E-state index contributed by atoms with van der Waals surface area (Å²) in [7, 11) is 0. The van der Waals surface area contributed by atoms with E-state index in [2.05, 4.69) is 19.9 Å². The first-order valence-electron chi connectivity index (χ1n) is 8.18. The third-order valence-electron chi connectivity index (χ3n) is 3.88. The Kier molecular flexibility index (Phi) is 4.62. The van der Waals surface area contributed by atoms with Gasteiger partial charge in [0.25, 0.3) is 5.56 Å². The summed E-state index contributed by atoms with van der Waals surface area (Å²) in [5, 5.41) is 0.690. The van der Waals surface area contributed by atoms with Gasteiger partial charge in [0.05, 0.1) is 22.3 Å². The molecule has 0 unspecified atom stereocenters. The number of fused-ring (bicyclic) bond motifs is 1. The average molecular weight is 395 g/mol. The SMILES string of the molecule is Nc1nc(N)nc(CSc2nc3ccccc3c(=O)n2-c2ccccc2F)n1. The van der Waals surface area contributed by atoms with Gasteiger partial charge < -0.3 is 11.5 Å². The van der Waals surface area contributed by atoms with Crippen LogP contribution in [0.15, 0.2) is 58.5 Å². The molecule has 140 valence electrons. The fourth-order valence-electron chi connectivity index (χ4n) is 2.71. The van der Waals surface area contributed by atoms with E-state index in [1.54, 1.807) is 36.4 Å². The Balaban J connectivity index is 1.85. The molecular weight excluding hydrogens is 381 g/mol. The van der Waals surface area contributed by atoms with Crippen molar-refractivity contribution in [3.63, 3.8) is 0 Å². The average Bonchev–Trinajstić information content (AvgIpc) is 2.67. The Morgan fingerprint density at radius 2 is 1.61 bits per heavy atom. The Morgan fingerprint density at radius 1 is 0.929 bits per heavy atom. The first kappa shape index (κ1) is 17.9. The maximum atomic E-state index is 14.4. The van der Waals surface area contributed by atoms with Crippen molar-refractivity contribution < 1.29 is 4.39 Å². The van der Waals surface area contributed by atoms with E-state index in [0.29, 0.717) is 21.9 Å². The molecular formula is C18H14FN7OS. The van der Waals surface area contributed by atoms with Crippen LogP contribution in [-0.2, 0) is 5.75 Å². The third kappa shape index (κ3) is 3.37. The number of nitrogens with zero attached hydrogens (tertiary/aromatic N) is 5. The molecule has 0 fully saturated rings. The van der Waals surface area contributed by atoms with Crippen molar-refractivity contribution in [3.8, 4) is 5.69 Å². The van der Waals surface area contributed by atoms with Gasteiger partial charge in [-0.05, 0) is 24.3 Å². The zero-order valence-corrected chi connectivity index (χ0v) is 15.2. The van der Waals surface area contributed by atoms with Crippen molar-refractivity contribution in [2.45, 2.75) is 10.9 Å². The Hall–Kier alpha value is -3.53. The highest BCUT2D eigenvalue weighted by atomic mass is 32.2. The predicted octanol–water partition coefficient (Wildman–Crippen LogP) is 2.17. The number of anilines is 2. The second kappa shape index (κ2) is 7.24. The van der Waals surface area contributed by atoms with E-state index in [-0.39, 0.29) is 28.9 Å². The van der Waals surface area contributed by atoms with E-state index in [4.69, 9.17) is 11.5 Å². The van der Waals surface area contributed by atoms with Gasteiger partial charge in [0.15, 0.2) is 5.16 Å². The molecule has 0 amide bonds. The number of hydrogen-bond acceptors (Lipinski definition) is 8. The molecule has 2 heterocycles. The summed E-state index contributed by atoms with van der Waals surface area (Å²) in [6.07, 6.45) is 0. The van der Waals surface area contributed by atoms with Crippen LogP contribution in [0.4, 0.5) is 16.3 Å². The molecule has 0 bridgehead atoms. The smallest absolute Gasteiger partial charge is 0.266 e. The second-order valence-corrected chi connectivity index (χ2v) is 6.70. The molecule has 2 aromatic heterocycles. The molecule has 28 heavy (non-hydrogen) atoms. The lowest BCUT2D eigenvalue weighted by atomic mass is 10.2. The minimum absolute atomic E-state index is 0.000986. The Morgan fingerprint density at radius 3 is 2.36 bits per heavy atom. The van der Waals surface area contributed by atoms with Gasteiger partial charge in [0.2, 0.25) is 11.9 Å². The lowest BCUT2D eigenvalue weighted by Crippen LogP contribution is -2.22. The van der Waals surface area contributed by atoms with E-state index < -0.39 is 5.82 Å². The summed E-state index contributed by atoms with van der Waals surface area (Å²) in [6.45, 7) is 0. The molecule has 0 spiro atoms. The van der Waals surface area contributed by atoms with Gasteiger partial charge in [-0.25, -0.2) is 9.37 Å². The van der Waals surface area contributed by atoms with Crippen LogP contribution in [0.1, 0.15) is 5.82 Å². The minimum Gasteiger partial charge on any atom is -0.368 e. The Bertz CT molecular complexity index is 1220. The van der Waals surface area contributed by atoms with Crippen LogP contribution in [0, 0.1) is 5.82 Å². The topological polar surface area (TPSA) is 126 Å². The van der Waals surface area contributed by atoms with Crippen LogP contribution in [0.5, 0.6) is 0 Å². The van der Waals surface area contributed by atoms with Gasteiger partial charge in [-0.15, -0.1) is 0 Å². The number of rotatable bonds is 4. The molecule has 2 aromatic carbocycles. The first-order valence-corrected chi connectivity index (χ1v) is 9.17. The van der Waals surface area contributed by atoms with Crippen LogP contribution < -0.4 is 17.0 Å². The van der Waals surface area contributed by atoms with E-state index in [1.165, 1.54) is 28.5 Å². The van der Waals surface area contributed by atoms with Gasteiger partial charge >= 0.3 is 0 Å². The maximum Gasteiger partial charge on any atom is 0.266 e. The van der Waals surface area contributed by atoms with Crippen LogP contribution >= 0.6 is 11.8 Å². The van der Waals surface area contributed by atoms with Crippen molar-refractivity contribution in [2.75, 3.05) is 11.5 Å².